The standard InChI is InChI=1S/C17H25N3O/c21-17(16-7-3-4-10-18-16)20-13-8-15(9-14-20)19-11-5-1-2-6-12-19/h3-4,7,10,15H,1-2,5-6,8-9,11-14H2. The van der Waals surface area contributed by atoms with Gasteiger partial charge in [0.05, 0.1) is 0 Å². The van der Waals surface area contributed by atoms with Gasteiger partial charge in [0.15, 0.2) is 0 Å². The average molecular weight is 287 g/mol. The first-order valence-electron chi connectivity index (χ1n) is 8.29. The van der Waals surface area contributed by atoms with Crippen molar-refractivity contribution in [3.63, 3.8) is 0 Å². The van der Waals surface area contributed by atoms with Gasteiger partial charge in [-0.3, -0.25) is 9.78 Å². The summed E-state index contributed by atoms with van der Waals surface area (Å²) in [5.74, 6) is 0.0879. The molecule has 0 atom stereocenters. The van der Waals surface area contributed by atoms with Gasteiger partial charge >= 0.3 is 0 Å². The van der Waals surface area contributed by atoms with E-state index in [1.165, 1.54) is 38.8 Å². The van der Waals surface area contributed by atoms with E-state index in [9.17, 15) is 4.79 Å². The molecule has 1 aromatic heterocycles. The molecule has 2 fully saturated rings. The molecule has 2 aliphatic rings. The van der Waals surface area contributed by atoms with E-state index in [0.717, 1.165) is 25.9 Å². The first kappa shape index (κ1) is 14.5. The molecule has 2 aliphatic heterocycles. The molecule has 0 aromatic carbocycles. The highest BCUT2D eigenvalue weighted by molar-refractivity contribution is 5.92. The Kier molecular flexibility index (Phi) is 4.86. The molecule has 1 aromatic rings. The number of hydrogen-bond donors (Lipinski definition) is 0. The fraction of sp³-hybridized carbons (Fsp3) is 0.647. The molecular formula is C17H25N3O. The Bertz CT molecular complexity index is 446. The third kappa shape index (κ3) is 3.62. The van der Waals surface area contributed by atoms with Crippen LogP contribution in [0.2, 0.25) is 0 Å². The summed E-state index contributed by atoms with van der Waals surface area (Å²) < 4.78 is 0. The number of piperidine rings is 1. The van der Waals surface area contributed by atoms with Crippen molar-refractivity contribution >= 4 is 5.91 Å². The van der Waals surface area contributed by atoms with Crippen molar-refractivity contribution in [2.75, 3.05) is 26.2 Å². The second-order valence-corrected chi connectivity index (χ2v) is 6.19. The second kappa shape index (κ2) is 7.03. The van der Waals surface area contributed by atoms with Gasteiger partial charge in [-0.2, -0.15) is 0 Å². The molecule has 3 rings (SSSR count). The third-order valence-corrected chi connectivity index (χ3v) is 4.79. The maximum Gasteiger partial charge on any atom is 0.272 e. The van der Waals surface area contributed by atoms with Crippen LogP contribution in [0.25, 0.3) is 0 Å². The van der Waals surface area contributed by atoms with Crippen molar-refractivity contribution in [2.24, 2.45) is 0 Å². The fourth-order valence-corrected chi connectivity index (χ4v) is 3.55. The highest BCUT2D eigenvalue weighted by atomic mass is 16.2. The zero-order valence-electron chi connectivity index (χ0n) is 12.7. The summed E-state index contributed by atoms with van der Waals surface area (Å²) >= 11 is 0. The first-order valence-corrected chi connectivity index (χ1v) is 8.29. The van der Waals surface area contributed by atoms with Crippen LogP contribution < -0.4 is 0 Å². The van der Waals surface area contributed by atoms with Gasteiger partial charge in [-0.25, -0.2) is 0 Å². The average Bonchev–Trinajstić information content (AvgIpc) is 2.84. The van der Waals surface area contributed by atoms with Crippen molar-refractivity contribution in [1.82, 2.24) is 14.8 Å². The van der Waals surface area contributed by atoms with Gasteiger partial charge in [-0.1, -0.05) is 18.9 Å². The Balaban J connectivity index is 1.54. The molecular weight excluding hydrogens is 262 g/mol. The number of aromatic nitrogens is 1. The molecule has 4 heteroatoms. The van der Waals surface area contributed by atoms with Gasteiger partial charge in [0, 0.05) is 25.3 Å². The Morgan fingerprint density at radius 2 is 1.71 bits per heavy atom. The van der Waals surface area contributed by atoms with Gasteiger partial charge in [0.25, 0.3) is 5.91 Å². The molecule has 1 amide bonds. The maximum absolute atomic E-state index is 12.4. The number of likely N-dealkylation sites (tertiary alicyclic amines) is 2. The number of rotatable bonds is 2. The number of amides is 1. The summed E-state index contributed by atoms with van der Waals surface area (Å²) in [5.41, 5.74) is 0.575. The molecule has 0 bridgehead atoms. The summed E-state index contributed by atoms with van der Waals surface area (Å²) in [6, 6.07) is 6.21. The number of nitrogens with zero attached hydrogens (tertiary/aromatic N) is 3. The van der Waals surface area contributed by atoms with E-state index in [1.54, 1.807) is 6.20 Å². The van der Waals surface area contributed by atoms with E-state index in [4.69, 9.17) is 0 Å². The van der Waals surface area contributed by atoms with E-state index in [0.29, 0.717) is 11.7 Å². The van der Waals surface area contributed by atoms with Crippen LogP contribution in [0, 0.1) is 0 Å². The van der Waals surface area contributed by atoms with E-state index in [2.05, 4.69) is 9.88 Å². The second-order valence-electron chi connectivity index (χ2n) is 6.19. The highest BCUT2D eigenvalue weighted by Gasteiger charge is 2.27. The lowest BCUT2D eigenvalue weighted by Crippen LogP contribution is -2.47. The zero-order chi connectivity index (χ0) is 14.5. The molecule has 0 spiro atoms. The van der Waals surface area contributed by atoms with Crippen LogP contribution >= 0.6 is 0 Å². The van der Waals surface area contributed by atoms with Crippen LogP contribution in [0.15, 0.2) is 24.4 Å². The van der Waals surface area contributed by atoms with Crippen LogP contribution in [0.4, 0.5) is 0 Å². The quantitative estimate of drug-likeness (QED) is 0.839. The number of carbonyl (C=O) groups excluding carboxylic acids is 1. The van der Waals surface area contributed by atoms with E-state index in [-0.39, 0.29) is 5.91 Å². The van der Waals surface area contributed by atoms with Crippen LogP contribution in [0.3, 0.4) is 0 Å². The molecule has 4 nitrogen and oxygen atoms in total. The van der Waals surface area contributed by atoms with E-state index < -0.39 is 0 Å². The van der Waals surface area contributed by atoms with Crippen LogP contribution in [-0.4, -0.2) is 52.9 Å². The normalized spacial score (nSPS) is 22.0. The molecule has 21 heavy (non-hydrogen) atoms. The predicted molar refractivity (Wildman–Crippen MR) is 83.2 cm³/mol. The Labute approximate surface area is 127 Å². The predicted octanol–water partition coefficient (Wildman–Crippen LogP) is 2.56. The molecule has 0 radical (unpaired) electrons. The zero-order valence-corrected chi connectivity index (χ0v) is 12.7. The molecule has 0 aliphatic carbocycles. The van der Waals surface area contributed by atoms with Gasteiger partial charge in [-0.15, -0.1) is 0 Å². The minimum absolute atomic E-state index is 0.0879. The lowest BCUT2D eigenvalue weighted by Gasteiger charge is -2.38. The minimum atomic E-state index is 0.0879. The molecule has 0 N–H and O–H groups in total. The van der Waals surface area contributed by atoms with Crippen molar-refractivity contribution in [3.05, 3.63) is 30.1 Å². The van der Waals surface area contributed by atoms with Crippen LogP contribution in [0.5, 0.6) is 0 Å². The van der Waals surface area contributed by atoms with Crippen molar-refractivity contribution in [2.45, 2.75) is 44.6 Å². The SMILES string of the molecule is O=C(c1ccccn1)N1CCC(N2CCCCCC2)CC1. The van der Waals surface area contributed by atoms with Gasteiger partial charge in [0.2, 0.25) is 0 Å². The van der Waals surface area contributed by atoms with Gasteiger partial charge < -0.3 is 9.80 Å². The smallest absolute Gasteiger partial charge is 0.272 e. The highest BCUT2D eigenvalue weighted by Crippen LogP contribution is 2.21. The molecule has 0 unspecified atom stereocenters. The van der Waals surface area contributed by atoms with E-state index in [1.807, 2.05) is 23.1 Å². The summed E-state index contributed by atoms with van der Waals surface area (Å²) in [5, 5.41) is 0. The lowest BCUT2D eigenvalue weighted by molar-refractivity contribution is 0.0617. The molecule has 3 heterocycles. The number of carbonyl (C=O) groups is 1. The van der Waals surface area contributed by atoms with Crippen molar-refractivity contribution in [1.29, 1.82) is 0 Å². The number of pyridine rings is 1. The van der Waals surface area contributed by atoms with Gasteiger partial charge in [0.1, 0.15) is 5.69 Å². The van der Waals surface area contributed by atoms with Crippen LogP contribution in [0.1, 0.15) is 49.0 Å². The number of hydrogen-bond acceptors (Lipinski definition) is 3. The summed E-state index contributed by atoms with van der Waals surface area (Å²) in [6.07, 6.45) is 9.36. The third-order valence-electron chi connectivity index (χ3n) is 4.79. The fourth-order valence-electron chi connectivity index (χ4n) is 3.55. The Morgan fingerprint density at radius 1 is 1.00 bits per heavy atom. The van der Waals surface area contributed by atoms with Crippen molar-refractivity contribution in [3.8, 4) is 0 Å². The van der Waals surface area contributed by atoms with Crippen molar-refractivity contribution < 1.29 is 4.79 Å². The monoisotopic (exact) mass is 287 g/mol. The molecule has 0 saturated carbocycles. The molecule has 114 valence electrons. The van der Waals surface area contributed by atoms with E-state index >= 15 is 0 Å². The van der Waals surface area contributed by atoms with Gasteiger partial charge in [-0.05, 0) is 50.9 Å². The minimum Gasteiger partial charge on any atom is -0.337 e. The molecule has 2 saturated heterocycles. The summed E-state index contributed by atoms with van der Waals surface area (Å²) in [7, 11) is 0. The summed E-state index contributed by atoms with van der Waals surface area (Å²) in [4.78, 5) is 21.2. The maximum atomic E-state index is 12.4. The summed E-state index contributed by atoms with van der Waals surface area (Å²) in [6.45, 7) is 4.24. The van der Waals surface area contributed by atoms with Crippen LogP contribution in [-0.2, 0) is 0 Å². The largest absolute Gasteiger partial charge is 0.337 e. The first-order chi connectivity index (χ1) is 10.3. The Morgan fingerprint density at radius 3 is 2.33 bits per heavy atom. The topological polar surface area (TPSA) is 36.4 Å². The lowest BCUT2D eigenvalue weighted by atomic mass is 10.0. The Hall–Kier alpha value is -1.42.